The Morgan fingerprint density at radius 2 is 0.562 bits per heavy atom. The summed E-state index contributed by atoms with van der Waals surface area (Å²) in [7, 11) is 0. The first-order valence-electron chi connectivity index (χ1n) is 25.9. The molecule has 0 spiro atoms. The fourth-order valence-corrected chi connectivity index (χ4v) is 10.3. The van der Waals surface area contributed by atoms with E-state index in [1.54, 1.807) is 0 Å². The van der Waals surface area contributed by atoms with Crippen molar-refractivity contribution in [3.8, 4) is 22.3 Å². The summed E-state index contributed by atoms with van der Waals surface area (Å²) in [6, 6.07) is 73.6. The first kappa shape index (κ1) is 56.7. The van der Waals surface area contributed by atoms with Gasteiger partial charge in [0.25, 0.3) is 0 Å². The minimum Gasteiger partial charge on any atom is -1.00 e. The summed E-state index contributed by atoms with van der Waals surface area (Å²) in [5.74, 6) is 0. The SMILES string of the molecule is C1=C(c2ccc(C[n+]3ccccc3)cc2)c2ccc3[nH]c(cc3-c3ccc(C[n+]4ccccc4)cc3)c3cc(-c4ccc(C[n+]5ccccc5)cc4)c(ccc4nc(c1n2)C=C4c1ccc(C[n+]2ccccc2)cc1)[nH]3.[Br-].[Br-].[Br-].[Br-]. The standard InChI is InChI=1S/C68H54N8.4BrH/c1-5-33-73(34-6-1)45-49-13-21-53(22-14-49)57-41-65-66-42-58(54-23-15-50(16-24-54)46-74-35-7-2-8-36-74)63(70-66)31-32-64-60(56-27-19-52(20-28-56)48-76-39-11-4-12-40-76)44-68(72-64)67-43-59(62(71-67)30-29-61(57)69-65)55-25-17-51(18-26-55)47-75-37-9-3-10-38-75;;;;/h1-44,69-70H,45-48H2;4*1H/q+4;;;;/p-4. The largest absolute Gasteiger partial charge is 1.00 e. The fourth-order valence-electron chi connectivity index (χ4n) is 10.3. The summed E-state index contributed by atoms with van der Waals surface area (Å²) in [4.78, 5) is 18.6. The molecule has 80 heavy (non-hydrogen) atoms. The third-order valence-electron chi connectivity index (χ3n) is 14.3. The van der Waals surface area contributed by atoms with Crippen LogP contribution in [0.25, 0.3) is 67.6 Å². The molecule has 4 aromatic carbocycles. The fraction of sp³-hybridized carbons (Fsp3) is 0.0588. The second kappa shape index (κ2) is 25.9. The number of nitrogens with one attached hydrogen (secondary N) is 2. The molecule has 0 fully saturated rings. The smallest absolute Gasteiger partial charge is 0.173 e. The summed E-state index contributed by atoms with van der Waals surface area (Å²) in [5, 5.41) is 0. The Bertz CT molecular complexity index is 3840. The minimum atomic E-state index is 0. The molecule has 11 aromatic rings. The molecule has 0 unspecified atom stereocenters. The molecule has 394 valence electrons. The second-order valence-electron chi connectivity index (χ2n) is 19.5. The van der Waals surface area contributed by atoms with Crippen molar-refractivity contribution in [2.24, 2.45) is 0 Å². The van der Waals surface area contributed by atoms with Gasteiger partial charge in [0.15, 0.2) is 75.8 Å². The molecule has 0 aliphatic carbocycles. The molecule has 0 amide bonds. The summed E-state index contributed by atoms with van der Waals surface area (Å²) in [6.07, 6.45) is 21.2. The van der Waals surface area contributed by atoms with Gasteiger partial charge in [-0.3, -0.25) is 0 Å². The number of nitrogens with zero attached hydrogens (tertiary/aromatic N) is 6. The molecule has 7 aromatic heterocycles. The number of aromatic nitrogens is 8. The first-order chi connectivity index (χ1) is 37.6. The summed E-state index contributed by atoms with van der Waals surface area (Å²) in [5.41, 5.74) is 20.9. The summed E-state index contributed by atoms with van der Waals surface area (Å²) in [6.45, 7) is 3.16. The van der Waals surface area contributed by atoms with Gasteiger partial charge in [-0.2, -0.15) is 0 Å². The molecule has 2 aliphatic rings. The minimum absolute atomic E-state index is 0. The summed E-state index contributed by atoms with van der Waals surface area (Å²) >= 11 is 0. The van der Waals surface area contributed by atoms with Crippen molar-refractivity contribution in [1.29, 1.82) is 0 Å². The first-order valence-corrected chi connectivity index (χ1v) is 25.9. The number of hydrogen-bond donors (Lipinski definition) is 2. The monoisotopic (exact) mass is 1300 g/mol. The van der Waals surface area contributed by atoms with Gasteiger partial charge in [-0.1, -0.05) is 121 Å². The molecule has 8 bridgehead atoms. The van der Waals surface area contributed by atoms with Gasteiger partial charge in [0.1, 0.15) is 0 Å². The predicted molar refractivity (Wildman–Crippen MR) is 302 cm³/mol. The van der Waals surface area contributed by atoms with Crippen LogP contribution in [0.4, 0.5) is 0 Å². The van der Waals surface area contributed by atoms with Gasteiger partial charge in [-0.05, 0) is 70.8 Å². The highest BCUT2D eigenvalue weighted by molar-refractivity contribution is 5.99. The Labute approximate surface area is 507 Å². The van der Waals surface area contributed by atoms with Gasteiger partial charge < -0.3 is 77.9 Å². The lowest BCUT2D eigenvalue weighted by Gasteiger charge is -2.04. The van der Waals surface area contributed by atoms with Crippen LogP contribution in [0.3, 0.4) is 0 Å². The Kier molecular flexibility index (Phi) is 18.3. The van der Waals surface area contributed by atoms with Crippen molar-refractivity contribution in [3.63, 3.8) is 0 Å². The Balaban J connectivity index is 0.00000194. The number of halogens is 4. The predicted octanol–water partition coefficient (Wildman–Crippen LogP) is 0.186. The lowest BCUT2D eigenvalue weighted by Crippen LogP contribution is -3.00. The van der Waals surface area contributed by atoms with Crippen molar-refractivity contribution in [2.45, 2.75) is 26.2 Å². The van der Waals surface area contributed by atoms with Crippen LogP contribution in [-0.4, -0.2) is 19.9 Å². The summed E-state index contributed by atoms with van der Waals surface area (Å²) < 4.78 is 8.78. The normalized spacial score (nSPS) is 11.4. The average molecular weight is 1300 g/mol. The maximum Gasteiger partial charge on any atom is 0.173 e. The quantitative estimate of drug-likeness (QED) is 0.172. The van der Waals surface area contributed by atoms with Gasteiger partial charge in [-0.15, -0.1) is 0 Å². The Morgan fingerprint density at radius 3 is 0.850 bits per heavy atom. The van der Waals surface area contributed by atoms with Crippen LogP contribution >= 0.6 is 0 Å². The molecule has 9 heterocycles. The van der Waals surface area contributed by atoms with E-state index in [1.165, 1.54) is 22.3 Å². The van der Waals surface area contributed by atoms with Crippen molar-refractivity contribution < 1.29 is 86.2 Å². The number of rotatable bonds is 12. The van der Waals surface area contributed by atoms with E-state index in [1.807, 2.05) is 12.1 Å². The molecule has 0 atom stereocenters. The van der Waals surface area contributed by atoms with E-state index >= 15 is 0 Å². The zero-order chi connectivity index (χ0) is 50.6. The van der Waals surface area contributed by atoms with E-state index in [-0.39, 0.29) is 67.9 Å². The topological polar surface area (TPSA) is 72.9 Å². The molecule has 0 saturated heterocycles. The van der Waals surface area contributed by atoms with E-state index in [2.05, 4.69) is 284 Å². The number of fused-ring (bicyclic) bond motifs is 10. The van der Waals surface area contributed by atoms with Crippen LogP contribution < -0.4 is 86.2 Å². The van der Waals surface area contributed by atoms with E-state index in [0.29, 0.717) is 0 Å². The third kappa shape index (κ3) is 12.7. The van der Waals surface area contributed by atoms with Crippen molar-refractivity contribution in [1.82, 2.24) is 19.9 Å². The van der Waals surface area contributed by atoms with Crippen molar-refractivity contribution >= 4 is 45.4 Å². The second-order valence-corrected chi connectivity index (χ2v) is 19.5. The molecule has 12 heteroatoms. The van der Waals surface area contributed by atoms with E-state index in [0.717, 1.165) is 116 Å². The number of pyridine rings is 4. The van der Waals surface area contributed by atoms with Crippen LogP contribution in [0.15, 0.2) is 256 Å². The lowest BCUT2D eigenvalue weighted by molar-refractivity contribution is -0.688. The van der Waals surface area contributed by atoms with E-state index in [4.69, 9.17) is 9.97 Å². The molecular weight excluding hydrogens is 1250 g/mol. The lowest BCUT2D eigenvalue weighted by atomic mass is 10.00. The number of benzene rings is 4. The molecule has 2 N–H and O–H groups in total. The maximum atomic E-state index is 5.42. The highest BCUT2D eigenvalue weighted by atomic mass is 79.9. The van der Waals surface area contributed by atoms with Gasteiger partial charge in [0, 0.05) is 104 Å². The number of hydrogen-bond acceptors (Lipinski definition) is 2. The Morgan fingerprint density at radius 1 is 0.287 bits per heavy atom. The molecular formula is C68H54Br4N8. The highest BCUT2D eigenvalue weighted by Gasteiger charge is 2.21. The molecule has 13 rings (SSSR count). The van der Waals surface area contributed by atoms with Gasteiger partial charge in [-0.25, -0.2) is 28.2 Å². The highest BCUT2D eigenvalue weighted by Crippen LogP contribution is 2.36. The number of aromatic amines is 2. The Hall–Kier alpha value is -8.00. The van der Waals surface area contributed by atoms with Crippen LogP contribution in [-0.2, 0) is 26.2 Å². The zero-order valence-electron chi connectivity index (χ0n) is 43.4. The van der Waals surface area contributed by atoms with Crippen LogP contribution in [0.1, 0.15) is 56.2 Å². The zero-order valence-corrected chi connectivity index (χ0v) is 49.8. The van der Waals surface area contributed by atoms with E-state index in [9.17, 15) is 0 Å². The van der Waals surface area contributed by atoms with Crippen LogP contribution in [0.5, 0.6) is 0 Å². The maximum absolute atomic E-state index is 5.42. The van der Waals surface area contributed by atoms with Gasteiger partial charge >= 0.3 is 0 Å². The van der Waals surface area contributed by atoms with Gasteiger partial charge in [0.2, 0.25) is 0 Å². The molecule has 2 aliphatic heterocycles. The third-order valence-corrected chi connectivity index (χ3v) is 14.3. The average Bonchev–Trinajstić information content (AvgIpc) is 4.36. The van der Waals surface area contributed by atoms with Crippen molar-refractivity contribution in [3.05, 3.63) is 312 Å². The van der Waals surface area contributed by atoms with E-state index < -0.39 is 0 Å². The van der Waals surface area contributed by atoms with Crippen molar-refractivity contribution in [2.75, 3.05) is 0 Å². The number of H-pyrrole nitrogens is 2. The molecule has 8 nitrogen and oxygen atoms in total. The van der Waals surface area contributed by atoms with Crippen LogP contribution in [0, 0.1) is 0 Å². The molecule has 0 saturated carbocycles. The van der Waals surface area contributed by atoms with Crippen LogP contribution in [0.2, 0.25) is 0 Å². The van der Waals surface area contributed by atoms with Gasteiger partial charge in [0.05, 0.1) is 33.8 Å². The molecule has 0 radical (unpaired) electrons.